The summed E-state index contributed by atoms with van der Waals surface area (Å²) >= 11 is 5.63. The van der Waals surface area contributed by atoms with Gasteiger partial charge in [0.25, 0.3) is 33.4 Å². The fourth-order valence-electron chi connectivity index (χ4n) is 10.2. The molecule has 576 valence electrons. The number of benzene rings is 7. The van der Waals surface area contributed by atoms with Crippen LogP contribution in [0.25, 0.3) is 78.7 Å². The van der Waals surface area contributed by atoms with E-state index in [9.17, 15) is 63.9 Å². The van der Waals surface area contributed by atoms with Crippen LogP contribution >= 0.6 is 11.6 Å². The maximum absolute atomic E-state index is 13.7. The van der Waals surface area contributed by atoms with Gasteiger partial charge in [0.15, 0.2) is 11.5 Å². The molecule has 7 heterocycles. The van der Waals surface area contributed by atoms with Gasteiger partial charge in [-0.1, -0.05) is 78.9 Å². The maximum atomic E-state index is 13.7. The molecule has 0 atom stereocenters. The highest BCUT2D eigenvalue weighted by atomic mass is 35.5. The van der Waals surface area contributed by atoms with E-state index in [1.807, 2.05) is 72.8 Å². The number of hydrogen-bond donors (Lipinski definition) is 6. The van der Waals surface area contributed by atoms with Gasteiger partial charge < -0.3 is 48.9 Å². The Hall–Kier alpha value is -16.6. The number of hydrogen-bond acceptors (Lipinski definition) is 22. The van der Waals surface area contributed by atoms with Crippen molar-refractivity contribution in [1.29, 1.82) is 31.6 Å². The zero-order valence-corrected chi connectivity index (χ0v) is 59.5. The molecule has 1 aliphatic heterocycles. The van der Waals surface area contributed by atoms with E-state index in [1.54, 1.807) is 60.7 Å². The van der Waals surface area contributed by atoms with Crippen LogP contribution < -0.4 is 52.3 Å². The molecule has 13 aromatic rings. The summed E-state index contributed by atoms with van der Waals surface area (Å²) in [6, 6.07) is 50.7. The predicted octanol–water partition coefficient (Wildman–Crippen LogP) is 12.7. The minimum atomic E-state index is -4.78. The SMILES string of the molecule is C=CCOc1ccc(-c2nc[nH]c(=O)c2C#N)cc1.N#Cc1c(-c2cc(C(F)(F)F)ccc2F)nc[nH]c1=O.N#Cc1c(-c2ccc(-c3ccccc3)cc2)nc[nH]c1=O.N#Cc1c(-c2ccc(F)c(Cl)c2)nc[nH]c1=O.N#Cc1c(-c2ccc(OC(F)(F)F)cc2)nc[nH]c1=O.N#Cc1c(-c2ccc3c(c2)OCCO3)nc[nH]c1=O. The van der Waals surface area contributed by atoms with Gasteiger partial charge in [0.1, 0.15) is 113 Å². The Morgan fingerprint density at radius 2 is 0.741 bits per heavy atom. The van der Waals surface area contributed by atoms with Crippen molar-refractivity contribution in [2.24, 2.45) is 0 Å². The molecular weight excluding hydrogens is 1550 g/mol. The Morgan fingerprint density at radius 3 is 1.14 bits per heavy atom. The zero-order valence-electron chi connectivity index (χ0n) is 58.7. The average Bonchev–Trinajstić information content (AvgIpc) is 0.803. The average molecular weight is 1600 g/mol. The maximum Gasteiger partial charge on any atom is 0.573 e. The van der Waals surface area contributed by atoms with Crippen LogP contribution in [0.2, 0.25) is 5.02 Å². The Balaban J connectivity index is 0.000000159. The first-order valence-corrected chi connectivity index (χ1v) is 33.1. The molecule has 6 N–H and O–H groups in total. The molecule has 37 heteroatoms. The minimum Gasteiger partial charge on any atom is -0.490 e. The van der Waals surface area contributed by atoms with Gasteiger partial charge in [-0.05, 0) is 114 Å². The molecule has 0 unspecified atom stereocenters. The smallest absolute Gasteiger partial charge is 0.490 e. The molecule has 116 heavy (non-hydrogen) atoms. The van der Waals surface area contributed by atoms with Crippen molar-refractivity contribution in [1.82, 2.24) is 59.8 Å². The molecule has 0 radical (unpaired) electrons. The number of fused-ring (bicyclic) bond motifs is 1. The number of nitriles is 6. The number of alkyl halides is 6. The molecule has 0 bridgehead atoms. The van der Waals surface area contributed by atoms with E-state index in [1.165, 1.54) is 55.6 Å². The first-order valence-electron chi connectivity index (χ1n) is 32.7. The van der Waals surface area contributed by atoms with E-state index >= 15 is 0 Å². The molecule has 0 saturated carbocycles. The lowest BCUT2D eigenvalue weighted by atomic mass is 10.0. The van der Waals surface area contributed by atoms with E-state index in [-0.39, 0.29) is 44.2 Å². The first-order chi connectivity index (χ1) is 55.7. The second-order valence-corrected chi connectivity index (χ2v) is 23.1. The molecule has 0 saturated heterocycles. The molecule has 28 nitrogen and oxygen atoms in total. The second kappa shape index (κ2) is 38.7. The standard InChI is InChI=1S/C17H11N3O.C14H11N3O2.C13H9N3O3.C12H5F4N3O.C12H6F3N3O2.C11H5ClFN3O/c18-10-15-16(19-11-20-17(15)21)14-8-6-13(7-9-14)12-4-2-1-3-5-12;1-2-7-19-11-5-3-10(4-6-11)13-12(8-15)14(18)17-9-16-13;14-6-9-12(15-7-16-13(9)17)8-1-2-10-11(5-8)19-4-3-18-10;13-9-2-1-6(12(14,15)16)3-7(9)10-8(4-17)11(20)19-5-18-10;13-12(14,15)20-8-3-1-7(2-4-8)10-9(5-16)11(19)18-6-17-10;12-8-3-6(1-2-9(8)13)10-7(4-14)11(17)16-5-15-10/h1-9,11H,(H,19,20,21);2-6,9H,1,7H2,(H,16,17,18);1-2,5,7H,3-4H2,(H,15,16,17);1-3,5H,(H,18,19,20);1-4,6H,(H,17,18,19);1-3,5H,(H,15,16,17). The number of aromatic amines is 6. The van der Waals surface area contributed by atoms with Gasteiger partial charge in [0.05, 0.1) is 82.7 Å². The summed E-state index contributed by atoms with van der Waals surface area (Å²) in [6.07, 6.45) is -0.760. The summed E-state index contributed by atoms with van der Waals surface area (Å²) in [5.74, 6) is -0.0453. The summed E-state index contributed by atoms with van der Waals surface area (Å²) in [7, 11) is 0. The van der Waals surface area contributed by atoms with Crippen molar-refractivity contribution in [2.45, 2.75) is 12.5 Å². The van der Waals surface area contributed by atoms with Gasteiger partial charge in [-0.25, -0.2) is 38.7 Å². The van der Waals surface area contributed by atoms with Crippen LogP contribution in [-0.2, 0) is 6.18 Å². The molecule has 0 aliphatic carbocycles. The fourth-order valence-corrected chi connectivity index (χ4v) is 10.3. The van der Waals surface area contributed by atoms with Crippen molar-refractivity contribution in [3.63, 3.8) is 0 Å². The third-order valence-corrected chi connectivity index (χ3v) is 15.8. The largest absolute Gasteiger partial charge is 0.573 e. The third-order valence-electron chi connectivity index (χ3n) is 15.5. The summed E-state index contributed by atoms with van der Waals surface area (Å²) in [6.45, 7) is 4.98. The number of nitrogens with zero attached hydrogens (tertiary/aromatic N) is 12. The minimum absolute atomic E-state index is 0.00209. The second-order valence-electron chi connectivity index (χ2n) is 22.7. The molecule has 0 spiro atoms. The van der Waals surface area contributed by atoms with Gasteiger partial charge in [-0.15, -0.1) is 13.2 Å². The van der Waals surface area contributed by atoms with E-state index in [0.717, 1.165) is 47.5 Å². The lowest BCUT2D eigenvalue weighted by molar-refractivity contribution is -0.274. The van der Waals surface area contributed by atoms with Crippen LogP contribution in [0, 0.1) is 79.6 Å². The van der Waals surface area contributed by atoms with Crippen LogP contribution in [0.3, 0.4) is 0 Å². The highest BCUT2D eigenvalue weighted by Gasteiger charge is 2.33. The summed E-state index contributed by atoms with van der Waals surface area (Å²) in [4.78, 5) is 106. The van der Waals surface area contributed by atoms with Crippen LogP contribution in [0.4, 0.5) is 35.1 Å². The fraction of sp³-hybridized carbons (Fsp3) is 0.0633. The van der Waals surface area contributed by atoms with E-state index < -0.39 is 85.7 Å². The van der Waals surface area contributed by atoms with E-state index in [0.29, 0.717) is 94.6 Å². The first kappa shape index (κ1) is 83.5. The van der Waals surface area contributed by atoms with Gasteiger partial charge in [0.2, 0.25) is 0 Å². The molecule has 6 aromatic heterocycles. The monoisotopic (exact) mass is 1590 g/mol. The number of rotatable bonds is 11. The van der Waals surface area contributed by atoms with Gasteiger partial charge in [-0.3, -0.25) is 28.8 Å². The number of aromatic nitrogens is 12. The Morgan fingerprint density at radius 1 is 0.405 bits per heavy atom. The quantitative estimate of drug-likeness (QED) is 0.0517. The Bertz CT molecular complexity index is 6440. The van der Waals surface area contributed by atoms with E-state index in [4.69, 9.17) is 57.4 Å². The molecule has 14 rings (SSSR count). The lowest BCUT2D eigenvalue weighted by Crippen LogP contribution is -2.17. The predicted molar refractivity (Wildman–Crippen MR) is 399 cm³/mol. The summed E-state index contributed by atoms with van der Waals surface area (Å²) in [5.41, 5.74) is 0.104. The summed E-state index contributed by atoms with van der Waals surface area (Å²) < 4.78 is 120. The summed E-state index contributed by atoms with van der Waals surface area (Å²) in [5, 5.41) is 53.6. The van der Waals surface area contributed by atoms with Crippen LogP contribution in [0.1, 0.15) is 38.9 Å². The lowest BCUT2D eigenvalue weighted by Gasteiger charge is -2.18. The third kappa shape index (κ3) is 21.3. The molecule has 7 aromatic carbocycles. The molecule has 0 fully saturated rings. The van der Waals surface area contributed by atoms with Crippen LogP contribution in [0.15, 0.2) is 237 Å². The number of nitrogens with one attached hydrogen (secondary N) is 6. The van der Waals surface area contributed by atoms with Crippen molar-refractivity contribution in [2.75, 3.05) is 19.8 Å². The topological polar surface area (TPSA) is 454 Å². The normalized spacial score (nSPS) is 10.8. The number of halogens is 9. The van der Waals surface area contributed by atoms with Crippen LogP contribution in [-0.4, -0.2) is 86.0 Å². The van der Waals surface area contributed by atoms with Crippen molar-refractivity contribution < 1.29 is 54.1 Å². The number of H-pyrrole nitrogens is 6. The Kier molecular flexibility index (Phi) is 27.8. The van der Waals surface area contributed by atoms with Crippen LogP contribution in [0.5, 0.6) is 23.0 Å². The van der Waals surface area contributed by atoms with Crippen molar-refractivity contribution in [3.05, 3.63) is 326 Å². The molecule has 0 amide bonds. The molecule has 1 aliphatic rings. The zero-order chi connectivity index (χ0) is 83.6. The molecular formula is C79H47ClF8N18O10. The Labute approximate surface area is 650 Å². The van der Waals surface area contributed by atoms with Gasteiger partial charge in [0, 0.05) is 33.4 Å². The highest BCUT2D eigenvalue weighted by molar-refractivity contribution is 6.31. The number of ether oxygens (including phenoxy) is 4. The van der Waals surface area contributed by atoms with Crippen molar-refractivity contribution >= 4 is 11.6 Å². The van der Waals surface area contributed by atoms with E-state index in [2.05, 4.69) is 71.1 Å². The van der Waals surface area contributed by atoms with Crippen molar-refractivity contribution in [3.8, 4) is 138 Å². The van der Waals surface area contributed by atoms with Gasteiger partial charge >= 0.3 is 12.5 Å². The highest BCUT2D eigenvalue weighted by Crippen LogP contribution is 2.36. The van der Waals surface area contributed by atoms with Gasteiger partial charge in [-0.2, -0.15) is 44.7 Å².